The van der Waals surface area contributed by atoms with Gasteiger partial charge in [-0.3, -0.25) is 9.69 Å². The Morgan fingerprint density at radius 2 is 1.81 bits per heavy atom. The summed E-state index contributed by atoms with van der Waals surface area (Å²) < 4.78 is 0. The Bertz CT molecular complexity index is 208. The summed E-state index contributed by atoms with van der Waals surface area (Å²) in [6.07, 6.45) is 3.24. The van der Waals surface area contributed by atoms with E-state index in [1.165, 1.54) is 19.4 Å². The Kier molecular flexibility index (Phi) is 5.81. The van der Waals surface area contributed by atoms with Crippen LogP contribution in [0.2, 0.25) is 0 Å². The molecule has 0 atom stereocenters. The molecule has 0 unspecified atom stereocenters. The Balaban J connectivity index is 2.23. The average molecular weight is 226 g/mol. The minimum atomic E-state index is 0.338. The fourth-order valence-electron chi connectivity index (χ4n) is 2.08. The highest BCUT2D eigenvalue weighted by Gasteiger charge is 2.20. The van der Waals surface area contributed by atoms with Gasteiger partial charge in [0.05, 0.1) is 0 Å². The number of nitrogens with zero attached hydrogens (tertiary/aromatic N) is 2. The smallest absolute Gasteiger partial charge is 0.222 e. The molecule has 1 saturated heterocycles. The molecule has 0 spiro atoms. The van der Waals surface area contributed by atoms with Crippen molar-refractivity contribution in [3.05, 3.63) is 0 Å². The fraction of sp³-hybridized carbons (Fsp3) is 0.923. The highest BCUT2D eigenvalue weighted by atomic mass is 16.2. The van der Waals surface area contributed by atoms with Gasteiger partial charge in [0.25, 0.3) is 0 Å². The van der Waals surface area contributed by atoms with Crippen molar-refractivity contribution in [2.24, 2.45) is 5.92 Å². The number of carbonyl (C=O) groups excluding carboxylic acids is 1. The van der Waals surface area contributed by atoms with E-state index in [1.807, 2.05) is 4.90 Å². The van der Waals surface area contributed by atoms with Gasteiger partial charge < -0.3 is 4.90 Å². The van der Waals surface area contributed by atoms with Crippen LogP contribution >= 0.6 is 0 Å². The van der Waals surface area contributed by atoms with Gasteiger partial charge in [0, 0.05) is 32.6 Å². The molecule has 1 aliphatic heterocycles. The van der Waals surface area contributed by atoms with Gasteiger partial charge in [-0.1, -0.05) is 27.2 Å². The quantitative estimate of drug-likeness (QED) is 0.715. The summed E-state index contributed by atoms with van der Waals surface area (Å²) >= 11 is 0. The van der Waals surface area contributed by atoms with Crippen LogP contribution < -0.4 is 0 Å². The molecule has 16 heavy (non-hydrogen) atoms. The van der Waals surface area contributed by atoms with E-state index >= 15 is 0 Å². The third kappa shape index (κ3) is 4.52. The van der Waals surface area contributed by atoms with Crippen molar-refractivity contribution < 1.29 is 4.79 Å². The average Bonchev–Trinajstić information content (AvgIpc) is 2.26. The maximum atomic E-state index is 11.8. The highest BCUT2D eigenvalue weighted by Crippen LogP contribution is 2.08. The van der Waals surface area contributed by atoms with E-state index in [0.717, 1.165) is 26.2 Å². The highest BCUT2D eigenvalue weighted by molar-refractivity contribution is 5.76. The van der Waals surface area contributed by atoms with Gasteiger partial charge >= 0.3 is 0 Å². The summed E-state index contributed by atoms with van der Waals surface area (Å²) in [4.78, 5) is 16.3. The van der Waals surface area contributed by atoms with Crippen LogP contribution in [0, 0.1) is 5.92 Å². The van der Waals surface area contributed by atoms with Crippen LogP contribution in [0.3, 0.4) is 0 Å². The van der Waals surface area contributed by atoms with Crippen molar-refractivity contribution in [3.8, 4) is 0 Å². The van der Waals surface area contributed by atoms with Crippen LogP contribution in [-0.4, -0.2) is 48.4 Å². The lowest BCUT2D eigenvalue weighted by atomic mass is 10.1. The third-order valence-corrected chi connectivity index (χ3v) is 3.14. The van der Waals surface area contributed by atoms with Gasteiger partial charge in [-0.05, 0) is 18.9 Å². The first-order chi connectivity index (χ1) is 7.63. The second-order valence-corrected chi connectivity index (χ2v) is 5.17. The van der Waals surface area contributed by atoms with Gasteiger partial charge in [-0.25, -0.2) is 0 Å². The fourth-order valence-corrected chi connectivity index (χ4v) is 2.08. The molecule has 3 heteroatoms. The Labute approximate surface area is 99.8 Å². The van der Waals surface area contributed by atoms with Crippen molar-refractivity contribution in [1.82, 2.24) is 9.80 Å². The summed E-state index contributed by atoms with van der Waals surface area (Å²) in [5.74, 6) is 0.816. The zero-order valence-electron chi connectivity index (χ0n) is 11.0. The number of hydrogen-bond donors (Lipinski definition) is 0. The number of hydrogen-bond acceptors (Lipinski definition) is 2. The molecule has 94 valence electrons. The molecule has 0 aromatic heterocycles. The summed E-state index contributed by atoms with van der Waals surface area (Å²) in [6, 6.07) is 0. The van der Waals surface area contributed by atoms with Crippen molar-refractivity contribution >= 4 is 5.91 Å². The monoisotopic (exact) mass is 226 g/mol. The molecular weight excluding hydrogens is 200 g/mol. The lowest BCUT2D eigenvalue weighted by molar-refractivity contribution is -0.133. The molecule has 0 radical (unpaired) electrons. The Morgan fingerprint density at radius 3 is 2.31 bits per heavy atom. The van der Waals surface area contributed by atoms with E-state index in [-0.39, 0.29) is 0 Å². The molecule has 0 saturated carbocycles. The standard InChI is InChI=1S/C13H26N2O/c1-4-5-6-14-7-9-15(10-8-14)13(16)11-12(2)3/h12H,4-11H2,1-3H3. The van der Waals surface area contributed by atoms with Gasteiger partial charge in [-0.15, -0.1) is 0 Å². The van der Waals surface area contributed by atoms with E-state index in [9.17, 15) is 4.79 Å². The second kappa shape index (κ2) is 6.89. The molecular formula is C13H26N2O. The second-order valence-electron chi connectivity index (χ2n) is 5.17. The minimum Gasteiger partial charge on any atom is -0.340 e. The number of carbonyl (C=O) groups is 1. The molecule has 0 aromatic rings. The van der Waals surface area contributed by atoms with E-state index in [4.69, 9.17) is 0 Å². The van der Waals surface area contributed by atoms with Crippen molar-refractivity contribution in [2.75, 3.05) is 32.7 Å². The normalized spacial score (nSPS) is 18.1. The van der Waals surface area contributed by atoms with Crippen LogP contribution in [0.5, 0.6) is 0 Å². The van der Waals surface area contributed by atoms with E-state index in [2.05, 4.69) is 25.7 Å². The lowest BCUT2D eigenvalue weighted by Gasteiger charge is -2.35. The molecule has 3 nitrogen and oxygen atoms in total. The summed E-state index contributed by atoms with van der Waals surface area (Å²) in [7, 11) is 0. The first kappa shape index (κ1) is 13.5. The molecule has 1 amide bonds. The van der Waals surface area contributed by atoms with E-state index < -0.39 is 0 Å². The van der Waals surface area contributed by atoms with Crippen molar-refractivity contribution in [3.63, 3.8) is 0 Å². The van der Waals surface area contributed by atoms with Gasteiger partial charge in [0.1, 0.15) is 0 Å². The lowest BCUT2D eigenvalue weighted by Crippen LogP contribution is -2.49. The van der Waals surface area contributed by atoms with Crippen LogP contribution in [0.4, 0.5) is 0 Å². The number of piperazine rings is 1. The first-order valence-corrected chi connectivity index (χ1v) is 6.63. The van der Waals surface area contributed by atoms with Crippen LogP contribution in [-0.2, 0) is 4.79 Å². The maximum Gasteiger partial charge on any atom is 0.222 e. The predicted molar refractivity (Wildman–Crippen MR) is 67.4 cm³/mol. The molecule has 1 rings (SSSR count). The molecule has 0 bridgehead atoms. The molecule has 0 N–H and O–H groups in total. The number of unbranched alkanes of at least 4 members (excludes halogenated alkanes) is 1. The predicted octanol–water partition coefficient (Wildman–Crippen LogP) is 1.98. The molecule has 1 aliphatic rings. The summed E-state index contributed by atoms with van der Waals surface area (Å²) in [5.41, 5.74) is 0. The largest absolute Gasteiger partial charge is 0.340 e. The SMILES string of the molecule is CCCCN1CCN(C(=O)CC(C)C)CC1. The summed E-state index contributed by atoms with van der Waals surface area (Å²) in [6.45, 7) is 11.6. The van der Waals surface area contributed by atoms with Crippen molar-refractivity contribution in [1.29, 1.82) is 0 Å². The third-order valence-electron chi connectivity index (χ3n) is 3.14. The zero-order valence-corrected chi connectivity index (χ0v) is 11.0. The number of rotatable bonds is 5. The van der Waals surface area contributed by atoms with Crippen LogP contribution in [0.1, 0.15) is 40.0 Å². The maximum absolute atomic E-state index is 11.8. The van der Waals surface area contributed by atoms with Crippen LogP contribution in [0.25, 0.3) is 0 Å². The summed E-state index contributed by atoms with van der Waals surface area (Å²) in [5, 5.41) is 0. The van der Waals surface area contributed by atoms with Crippen molar-refractivity contribution in [2.45, 2.75) is 40.0 Å². The molecule has 1 heterocycles. The van der Waals surface area contributed by atoms with Crippen LogP contribution in [0.15, 0.2) is 0 Å². The zero-order chi connectivity index (χ0) is 12.0. The Hall–Kier alpha value is -0.570. The van der Waals surface area contributed by atoms with E-state index in [1.54, 1.807) is 0 Å². The Morgan fingerprint density at radius 1 is 1.19 bits per heavy atom. The van der Waals surface area contributed by atoms with Gasteiger partial charge in [-0.2, -0.15) is 0 Å². The molecule has 1 fully saturated rings. The molecule has 0 aliphatic carbocycles. The number of amides is 1. The van der Waals surface area contributed by atoms with Gasteiger partial charge in [0.15, 0.2) is 0 Å². The first-order valence-electron chi connectivity index (χ1n) is 6.63. The van der Waals surface area contributed by atoms with Gasteiger partial charge in [0.2, 0.25) is 5.91 Å². The molecule has 0 aromatic carbocycles. The van der Waals surface area contributed by atoms with E-state index in [0.29, 0.717) is 18.2 Å². The topological polar surface area (TPSA) is 23.6 Å². The minimum absolute atomic E-state index is 0.338.